The van der Waals surface area contributed by atoms with Gasteiger partial charge in [0.15, 0.2) is 0 Å². The molecule has 0 aliphatic rings. The lowest BCUT2D eigenvalue weighted by molar-refractivity contribution is -0.154. The zero-order valence-electron chi connectivity index (χ0n) is 34.2. The Kier molecular flexibility index (Phi) is 40.0. The van der Waals surface area contributed by atoms with E-state index in [1.807, 2.05) is 0 Å². The molecule has 2 atom stereocenters. The van der Waals surface area contributed by atoms with Gasteiger partial charge in [-0.3, -0.25) is 13.8 Å². The SMILES string of the molecule is CC/C=C\C/C=C\C/C=C\C/C=C\C/C=C\C/C=C\CCCCCCC(=O)OC(COCCCCCCCC/C=C\CCCC)COP(=O)(O)OCCN. The minimum Gasteiger partial charge on any atom is -0.457 e. The highest BCUT2D eigenvalue weighted by Gasteiger charge is 2.25. The summed E-state index contributed by atoms with van der Waals surface area (Å²) in [6.07, 6.45) is 53.1. The average Bonchev–Trinajstić information content (AvgIpc) is 3.16. The Morgan fingerprint density at radius 3 is 1.57 bits per heavy atom. The van der Waals surface area contributed by atoms with Crippen LogP contribution in [0.25, 0.3) is 0 Å². The highest BCUT2D eigenvalue weighted by Crippen LogP contribution is 2.43. The standard InChI is InChI=1S/C45H78NO7P/c1-3-5-7-9-11-13-15-17-18-19-20-21-22-23-24-25-26-27-28-30-32-34-36-38-45(47)53-44(43-52-54(48,49)51-41-39-46)42-50-40-37-35-33-31-29-16-14-12-10-8-6-4-2/h5,7,10-13,17-18,20-21,23-24,26-27,44H,3-4,6,8-9,14-16,19,22,25,28-43,46H2,1-2H3,(H,48,49)/b7-5-,12-10-,13-11-,18-17-,21-20-,24-23-,27-26-. The second kappa shape index (κ2) is 41.8. The Morgan fingerprint density at radius 2 is 1.04 bits per heavy atom. The van der Waals surface area contributed by atoms with Crippen LogP contribution in [0, 0.1) is 0 Å². The van der Waals surface area contributed by atoms with E-state index in [1.54, 1.807) is 0 Å². The summed E-state index contributed by atoms with van der Waals surface area (Å²) in [5.74, 6) is -0.361. The molecular weight excluding hydrogens is 697 g/mol. The monoisotopic (exact) mass is 776 g/mol. The van der Waals surface area contributed by atoms with Gasteiger partial charge in [0.1, 0.15) is 6.10 Å². The fourth-order valence-corrected chi connectivity index (χ4v) is 5.98. The van der Waals surface area contributed by atoms with Crippen molar-refractivity contribution in [1.82, 2.24) is 0 Å². The third kappa shape index (κ3) is 40.9. The average molecular weight is 776 g/mol. The van der Waals surface area contributed by atoms with Crippen LogP contribution in [0.15, 0.2) is 85.1 Å². The third-order valence-corrected chi connectivity index (χ3v) is 9.28. The van der Waals surface area contributed by atoms with Gasteiger partial charge >= 0.3 is 13.8 Å². The molecule has 0 rings (SSSR count). The van der Waals surface area contributed by atoms with Crippen LogP contribution in [0.1, 0.15) is 155 Å². The number of carbonyl (C=O) groups is 1. The number of hydrogen-bond donors (Lipinski definition) is 2. The van der Waals surface area contributed by atoms with Gasteiger partial charge in [-0.15, -0.1) is 0 Å². The van der Waals surface area contributed by atoms with Crippen LogP contribution < -0.4 is 5.73 Å². The molecule has 0 aliphatic carbocycles. The van der Waals surface area contributed by atoms with E-state index in [-0.39, 0.29) is 38.8 Å². The second-order valence-corrected chi connectivity index (χ2v) is 14.9. The second-order valence-electron chi connectivity index (χ2n) is 13.5. The number of phosphoric ester groups is 1. The van der Waals surface area contributed by atoms with Gasteiger partial charge in [-0.1, -0.05) is 150 Å². The number of nitrogens with two attached hydrogens (primary N) is 1. The van der Waals surface area contributed by atoms with Crippen LogP contribution in [0.2, 0.25) is 0 Å². The summed E-state index contributed by atoms with van der Waals surface area (Å²) in [5, 5.41) is 0. The van der Waals surface area contributed by atoms with Crippen molar-refractivity contribution in [3.05, 3.63) is 85.1 Å². The van der Waals surface area contributed by atoms with Crippen molar-refractivity contribution in [3.63, 3.8) is 0 Å². The first-order chi connectivity index (χ1) is 26.4. The maximum absolute atomic E-state index is 12.6. The van der Waals surface area contributed by atoms with Crippen molar-refractivity contribution in [1.29, 1.82) is 0 Å². The molecular formula is C45H78NO7P. The molecule has 3 N–H and O–H groups in total. The summed E-state index contributed by atoms with van der Waals surface area (Å²) in [6, 6.07) is 0. The molecule has 0 aromatic rings. The Hall–Kier alpha value is -2.32. The van der Waals surface area contributed by atoms with Crippen molar-refractivity contribution in [2.75, 3.05) is 33.0 Å². The van der Waals surface area contributed by atoms with Crippen molar-refractivity contribution < 1.29 is 32.8 Å². The Balaban J connectivity index is 4.12. The van der Waals surface area contributed by atoms with Gasteiger partial charge in [0.05, 0.1) is 19.8 Å². The quantitative estimate of drug-likeness (QED) is 0.0274. The minimum atomic E-state index is -4.29. The number of esters is 1. The van der Waals surface area contributed by atoms with Crippen molar-refractivity contribution in [3.8, 4) is 0 Å². The van der Waals surface area contributed by atoms with E-state index < -0.39 is 13.9 Å². The van der Waals surface area contributed by atoms with Gasteiger partial charge in [0.25, 0.3) is 0 Å². The van der Waals surface area contributed by atoms with E-state index in [0.29, 0.717) is 6.61 Å². The molecule has 0 bridgehead atoms. The normalized spacial score (nSPS) is 14.4. The third-order valence-electron chi connectivity index (χ3n) is 8.30. The molecule has 0 aromatic heterocycles. The molecule has 54 heavy (non-hydrogen) atoms. The van der Waals surface area contributed by atoms with Gasteiger partial charge in [-0.25, -0.2) is 4.57 Å². The predicted molar refractivity (Wildman–Crippen MR) is 228 cm³/mol. The fraction of sp³-hybridized carbons (Fsp3) is 0.667. The highest BCUT2D eigenvalue weighted by atomic mass is 31.2. The van der Waals surface area contributed by atoms with Crippen molar-refractivity contribution in [2.45, 2.75) is 161 Å². The number of allylic oxidation sites excluding steroid dienone is 14. The molecule has 0 heterocycles. The fourth-order valence-electron chi connectivity index (χ4n) is 5.21. The number of phosphoric acid groups is 1. The number of hydrogen-bond acceptors (Lipinski definition) is 7. The summed E-state index contributed by atoms with van der Waals surface area (Å²) in [5.41, 5.74) is 5.36. The van der Waals surface area contributed by atoms with Crippen LogP contribution in [0.5, 0.6) is 0 Å². The van der Waals surface area contributed by atoms with Gasteiger partial charge in [0, 0.05) is 19.6 Å². The molecule has 0 fully saturated rings. The molecule has 310 valence electrons. The van der Waals surface area contributed by atoms with Gasteiger partial charge in [-0.05, 0) is 83.5 Å². The van der Waals surface area contributed by atoms with Crippen LogP contribution >= 0.6 is 7.82 Å². The first-order valence-electron chi connectivity index (χ1n) is 21.1. The van der Waals surface area contributed by atoms with Crippen molar-refractivity contribution in [2.24, 2.45) is 5.73 Å². The summed E-state index contributed by atoms with van der Waals surface area (Å²) in [7, 11) is -4.29. The molecule has 0 saturated carbocycles. The number of carbonyl (C=O) groups excluding carboxylic acids is 1. The van der Waals surface area contributed by atoms with Gasteiger partial charge in [-0.2, -0.15) is 0 Å². The summed E-state index contributed by atoms with van der Waals surface area (Å²) >= 11 is 0. The first-order valence-corrected chi connectivity index (χ1v) is 22.6. The lowest BCUT2D eigenvalue weighted by atomic mass is 10.1. The van der Waals surface area contributed by atoms with E-state index in [4.69, 9.17) is 24.3 Å². The van der Waals surface area contributed by atoms with E-state index in [2.05, 4.69) is 98.9 Å². The lowest BCUT2D eigenvalue weighted by Gasteiger charge is -2.20. The van der Waals surface area contributed by atoms with Crippen LogP contribution in [0.4, 0.5) is 0 Å². The molecule has 0 spiro atoms. The molecule has 0 aliphatic heterocycles. The summed E-state index contributed by atoms with van der Waals surface area (Å²) in [6.45, 7) is 4.70. The van der Waals surface area contributed by atoms with Crippen LogP contribution in [-0.2, 0) is 27.9 Å². The van der Waals surface area contributed by atoms with Crippen LogP contribution in [-0.4, -0.2) is 49.9 Å². The number of unbranched alkanes of at least 4 members (excludes halogenated alkanes) is 12. The number of ether oxygens (including phenoxy) is 2. The highest BCUT2D eigenvalue weighted by molar-refractivity contribution is 7.47. The first kappa shape index (κ1) is 51.7. The summed E-state index contributed by atoms with van der Waals surface area (Å²) < 4.78 is 33.3. The molecule has 0 aromatic carbocycles. The smallest absolute Gasteiger partial charge is 0.457 e. The van der Waals surface area contributed by atoms with E-state index in [0.717, 1.165) is 96.3 Å². The topological polar surface area (TPSA) is 117 Å². The van der Waals surface area contributed by atoms with Gasteiger partial charge < -0.3 is 20.1 Å². The largest absolute Gasteiger partial charge is 0.472 e. The van der Waals surface area contributed by atoms with E-state index in [9.17, 15) is 14.3 Å². The molecule has 0 amide bonds. The zero-order valence-corrected chi connectivity index (χ0v) is 35.1. The maximum Gasteiger partial charge on any atom is 0.472 e. The Bertz CT molecular complexity index is 1100. The molecule has 0 saturated heterocycles. The van der Waals surface area contributed by atoms with Gasteiger partial charge in [0.2, 0.25) is 0 Å². The van der Waals surface area contributed by atoms with E-state index >= 15 is 0 Å². The molecule has 2 unspecified atom stereocenters. The molecule has 9 heteroatoms. The zero-order chi connectivity index (χ0) is 39.5. The predicted octanol–water partition coefficient (Wildman–Crippen LogP) is 12.5. The lowest BCUT2D eigenvalue weighted by Crippen LogP contribution is -2.28. The molecule has 8 nitrogen and oxygen atoms in total. The van der Waals surface area contributed by atoms with Crippen molar-refractivity contribution >= 4 is 13.8 Å². The number of rotatable bonds is 39. The molecule has 0 radical (unpaired) electrons. The Morgan fingerprint density at radius 1 is 0.574 bits per heavy atom. The maximum atomic E-state index is 12.6. The van der Waals surface area contributed by atoms with Crippen LogP contribution in [0.3, 0.4) is 0 Å². The minimum absolute atomic E-state index is 0.0902. The Labute approximate surface area is 330 Å². The van der Waals surface area contributed by atoms with E-state index in [1.165, 1.54) is 38.5 Å². The summed E-state index contributed by atoms with van der Waals surface area (Å²) in [4.78, 5) is 22.4.